The maximum Gasteiger partial charge on any atom is 0.282 e. The van der Waals surface area contributed by atoms with E-state index in [-0.39, 0.29) is 0 Å². The van der Waals surface area contributed by atoms with Crippen molar-refractivity contribution in [1.29, 1.82) is 0 Å². The lowest BCUT2D eigenvalue weighted by Crippen LogP contribution is -2.30. The summed E-state index contributed by atoms with van der Waals surface area (Å²) in [5, 5.41) is 2.93. The number of pyridine rings is 1. The molecule has 2 heterocycles. The highest BCUT2D eigenvalue weighted by atomic mass is 32.2. The minimum atomic E-state index is -3.28. The summed E-state index contributed by atoms with van der Waals surface area (Å²) >= 11 is 0. The van der Waals surface area contributed by atoms with E-state index in [2.05, 4.69) is 10.3 Å². The van der Waals surface area contributed by atoms with E-state index in [1.165, 1.54) is 8.61 Å². The summed E-state index contributed by atoms with van der Waals surface area (Å²) in [6.45, 7) is 1.38. The number of rotatable bonds is 3. The predicted octanol–water partition coefficient (Wildman–Crippen LogP) is 0.116. The second kappa shape index (κ2) is 4.59. The van der Waals surface area contributed by atoms with Crippen LogP contribution in [0.4, 0.5) is 5.82 Å². The minimum Gasteiger partial charge on any atom is -0.373 e. The van der Waals surface area contributed by atoms with Crippen LogP contribution in [0.2, 0.25) is 0 Å². The van der Waals surface area contributed by atoms with Gasteiger partial charge in [0.25, 0.3) is 10.2 Å². The van der Waals surface area contributed by atoms with E-state index in [0.29, 0.717) is 19.6 Å². The Kier molecular flexibility index (Phi) is 3.32. The molecule has 94 valence electrons. The van der Waals surface area contributed by atoms with Gasteiger partial charge in [0, 0.05) is 27.2 Å². The fourth-order valence-electron chi connectivity index (χ4n) is 1.73. The first-order valence-electron chi connectivity index (χ1n) is 5.39. The molecule has 2 rings (SSSR count). The molecule has 0 atom stereocenters. The van der Waals surface area contributed by atoms with Gasteiger partial charge in [-0.15, -0.1) is 0 Å². The molecule has 0 aliphatic carbocycles. The van der Waals surface area contributed by atoms with Gasteiger partial charge in [-0.1, -0.05) is 6.07 Å². The molecule has 0 saturated carbocycles. The van der Waals surface area contributed by atoms with Crippen LogP contribution in [-0.2, 0) is 16.8 Å². The summed E-state index contributed by atoms with van der Waals surface area (Å²) in [5.41, 5.74) is 0.746. The third-order valence-corrected chi connectivity index (χ3v) is 4.72. The summed E-state index contributed by atoms with van der Waals surface area (Å²) in [5.74, 6) is 0.743. The Morgan fingerprint density at radius 1 is 1.41 bits per heavy atom. The first-order chi connectivity index (χ1) is 8.04. The summed E-state index contributed by atoms with van der Waals surface area (Å²) < 4.78 is 26.5. The second-order valence-corrected chi connectivity index (χ2v) is 5.96. The predicted molar refractivity (Wildman–Crippen MR) is 65.7 cm³/mol. The molecule has 1 N–H and O–H groups in total. The first kappa shape index (κ1) is 12.3. The molecule has 0 aromatic carbocycles. The molecule has 0 radical (unpaired) electrons. The first-order valence-corrected chi connectivity index (χ1v) is 6.79. The highest BCUT2D eigenvalue weighted by molar-refractivity contribution is 7.86. The number of aromatic nitrogens is 1. The van der Waals surface area contributed by atoms with Crippen molar-refractivity contribution in [2.75, 3.05) is 32.5 Å². The number of likely N-dealkylation sites (N-methyl/N-ethyl adjacent to an activating group) is 1. The van der Waals surface area contributed by atoms with Crippen molar-refractivity contribution < 1.29 is 8.42 Å². The van der Waals surface area contributed by atoms with Crippen molar-refractivity contribution in [2.24, 2.45) is 0 Å². The molecule has 1 saturated heterocycles. The summed E-state index contributed by atoms with van der Waals surface area (Å²) in [7, 11) is 0.0970. The molecular formula is C10H16N4O2S. The van der Waals surface area contributed by atoms with E-state index >= 15 is 0 Å². The highest BCUT2D eigenvalue weighted by Crippen LogP contribution is 2.17. The van der Waals surface area contributed by atoms with Crippen LogP contribution < -0.4 is 5.32 Å². The van der Waals surface area contributed by atoms with Gasteiger partial charge in [-0.3, -0.25) is 0 Å². The third-order valence-electron chi connectivity index (χ3n) is 2.79. The Bertz CT molecular complexity index is 503. The molecular weight excluding hydrogens is 240 g/mol. The Morgan fingerprint density at radius 2 is 2.18 bits per heavy atom. The average molecular weight is 256 g/mol. The average Bonchev–Trinajstić information content (AvgIpc) is 2.56. The van der Waals surface area contributed by atoms with Crippen LogP contribution in [0.3, 0.4) is 0 Å². The molecule has 1 aromatic heterocycles. The standard InChI is InChI=1S/C10H16N4O2S/c1-11-10-5-3-4-9(12-10)8-14-7-6-13(2)17(14,15)16/h3-5H,6-8H2,1-2H3,(H,11,12). The van der Waals surface area contributed by atoms with Crippen LogP contribution in [0.15, 0.2) is 18.2 Å². The fourth-order valence-corrected chi connectivity index (χ4v) is 3.04. The molecule has 1 aromatic rings. The van der Waals surface area contributed by atoms with Gasteiger partial charge >= 0.3 is 0 Å². The van der Waals surface area contributed by atoms with Gasteiger partial charge < -0.3 is 5.32 Å². The lowest BCUT2D eigenvalue weighted by Gasteiger charge is -2.15. The van der Waals surface area contributed by atoms with Gasteiger partial charge in [-0.25, -0.2) is 4.98 Å². The van der Waals surface area contributed by atoms with Crippen LogP contribution in [-0.4, -0.2) is 49.2 Å². The smallest absolute Gasteiger partial charge is 0.282 e. The van der Waals surface area contributed by atoms with Crippen LogP contribution in [0.1, 0.15) is 5.69 Å². The van der Waals surface area contributed by atoms with Gasteiger partial charge in [0.2, 0.25) is 0 Å². The van der Waals surface area contributed by atoms with Crippen LogP contribution >= 0.6 is 0 Å². The third kappa shape index (κ3) is 2.41. The fraction of sp³-hybridized carbons (Fsp3) is 0.500. The molecule has 0 unspecified atom stereocenters. The van der Waals surface area contributed by atoms with Gasteiger partial charge in [0.1, 0.15) is 5.82 Å². The summed E-state index contributed by atoms with van der Waals surface area (Å²) in [6.07, 6.45) is 0. The largest absolute Gasteiger partial charge is 0.373 e. The molecule has 0 bridgehead atoms. The highest BCUT2D eigenvalue weighted by Gasteiger charge is 2.33. The quantitative estimate of drug-likeness (QED) is 0.834. The molecule has 0 spiro atoms. The Balaban J connectivity index is 2.16. The Labute approximate surface area is 101 Å². The Morgan fingerprint density at radius 3 is 2.76 bits per heavy atom. The number of hydrogen-bond acceptors (Lipinski definition) is 4. The molecule has 1 aliphatic rings. The number of hydrogen-bond donors (Lipinski definition) is 1. The van der Waals surface area contributed by atoms with Gasteiger partial charge in [-0.2, -0.15) is 17.0 Å². The van der Waals surface area contributed by atoms with Crippen LogP contribution in [0.25, 0.3) is 0 Å². The Hall–Kier alpha value is -1.18. The van der Waals surface area contributed by atoms with Crippen molar-refractivity contribution in [2.45, 2.75) is 6.54 Å². The maximum atomic E-state index is 11.9. The van der Waals surface area contributed by atoms with Gasteiger partial charge in [0.15, 0.2) is 0 Å². The van der Waals surface area contributed by atoms with Crippen molar-refractivity contribution in [3.05, 3.63) is 23.9 Å². The maximum absolute atomic E-state index is 11.9. The SMILES string of the molecule is CNc1cccc(CN2CCN(C)S2(=O)=O)n1. The minimum absolute atomic E-state index is 0.322. The molecule has 0 amide bonds. The summed E-state index contributed by atoms with van der Waals surface area (Å²) in [6, 6.07) is 5.53. The van der Waals surface area contributed by atoms with Crippen LogP contribution in [0, 0.1) is 0 Å². The molecule has 17 heavy (non-hydrogen) atoms. The number of nitrogens with one attached hydrogen (secondary N) is 1. The lowest BCUT2D eigenvalue weighted by molar-refractivity contribution is 0.440. The van der Waals surface area contributed by atoms with Crippen molar-refractivity contribution in [3.8, 4) is 0 Å². The van der Waals surface area contributed by atoms with Crippen molar-refractivity contribution in [3.63, 3.8) is 0 Å². The molecule has 1 fully saturated rings. The molecule has 7 heteroatoms. The normalized spacial score (nSPS) is 20.6. The van der Waals surface area contributed by atoms with E-state index in [1.54, 1.807) is 14.1 Å². The van der Waals surface area contributed by atoms with E-state index in [9.17, 15) is 8.42 Å². The van der Waals surface area contributed by atoms with Gasteiger partial charge in [0.05, 0.1) is 12.2 Å². The second-order valence-electron chi connectivity index (χ2n) is 3.93. The number of anilines is 1. The lowest BCUT2D eigenvalue weighted by atomic mass is 10.3. The van der Waals surface area contributed by atoms with E-state index < -0.39 is 10.2 Å². The van der Waals surface area contributed by atoms with E-state index in [4.69, 9.17) is 0 Å². The summed E-state index contributed by atoms with van der Waals surface area (Å²) in [4.78, 5) is 4.31. The van der Waals surface area contributed by atoms with Gasteiger partial charge in [-0.05, 0) is 12.1 Å². The van der Waals surface area contributed by atoms with E-state index in [0.717, 1.165) is 11.5 Å². The van der Waals surface area contributed by atoms with Crippen molar-refractivity contribution >= 4 is 16.0 Å². The zero-order valence-corrected chi connectivity index (χ0v) is 10.7. The molecule has 6 nitrogen and oxygen atoms in total. The number of nitrogens with zero attached hydrogens (tertiary/aromatic N) is 3. The van der Waals surface area contributed by atoms with Crippen molar-refractivity contribution in [1.82, 2.24) is 13.6 Å². The zero-order valence-electron chi connectivity index (χ0n) is 9.92. The van der Waals surface area contributed by atoms with E-state index in [1.807, 2.05) is 18.2 Å². The zero-order chi connectivity index (χ0) is 12.5. The topological polar surface area (TPSA) is 65.5 Å². The monoisotopic (exact) mass is 256 g/mol. The molecule has 1 aliphatic heterocycles. The van der Waals surface area contributed by atoms with Crippen LogP contribution in [0.5, 0.6) is 0 Å².